The number of nitrogens with zero attached hydrogens (tertiary/aromatic N) is 4. The second-order valence-corrected chi connectivity index (χ2v) is 14.8. The van der Waals surface area contributed by atoms with Crippen molar-refractivity contribution in [1.82, 2.24) is 14.8 Å². The minimum Gasteiger partial charge on any atom is -0.506 e. The van der Waals surface area contributed by atoms with E-state index >= 15 is 0 Å². The molecule has 0 bridgehead atoms. The molecule has 1 aromatic heterocycles. The number of amides is 2. The third-order valence-electron chi connectivity index (χ3n) is 12.8. The van der Waals surface area contributed by atoms with Gasteiger partial charge in [0.25, 0.3) is 5.91 Å². The molecular weight excluding hydrogens is 588 g/mol. The molecule has 2 aromatic carbocycles. The van der Waals surface area contributed by atoms with Crippen molar-refractivity contribution in [3.63, 3.8) is 0 Å². The molecule has 47 heavy (non-hydrogen) atoms. The van der Waals surface area contributed by atoms with Gasteiger partial charge in [0.2, 0.25) is 5.91 Å². The Morgan fingerprint density at radius 1 is 0.979 bits per heavy atom. The number of terminal acetylenes is 1. The Morgan fingerprint density at radius 2 is 1.79 bits per heavy atom. The number of aliphatic hydroxyl groups is 1. The third kappa shape index (κ3) is 4.72. The number of aromatic nitrogens is 1. The van der Waals surface area contributed by atoms with Crippen LogP contribution < -0.4 is 4.90 Å². The number of hydrogen-bond acceptors (Lipinski definition) is 6. The number of pyridine rings is 1. The summed E-state index contributed by atoms with van der Waals surface area (Å²) in [6, 6.07) is 15.1. The summed E-state index contributed by atoms with van der Waals surface area (Å²) in [6.07, 6.45) is 12.9. The number of carbonyl (C=O) groups is 2. The smallest absolute Gasteiger partial charge is 0.273 e. The first-order valence-corrected chi connectivity index (χ1v) is 17.5. The van der Waals surface area contributed by atoms with Crippen molar-refractivity contribution < 1.29 is 19.8 Å². The number of phenolic OH excluding ortho intramolecular Hbond substituents is 1. The standard InChI is InChI=1S/C39H44N4O4/c1-3-39(47)17-15-30-28-12-10-26-23-35(44)34(24-29(26)27(28)14-16-38(30,39)2)41-19-21-42(22-20-41)37(46)33-9-6-18-43(33)36(45)32-13-11-25-7-4-5-8-31(25)40-32/h1,4-5,7-8,11,13,23-24,27-28,30,33,44,47H,6,9-10,12,14-22H2,2H3/t27?,28?,30?,33-,38-,39-/m0/s1. The van der Waals surface area contributed by atoms with E-state index in [0.717, 1.165) is 55.1 Å². The van der Waals surface area contributed by atoms with Crippen molar-refractivity contribution >= 4 is 28.4 Å². The molecule has 2 amide bonds. The highest BCUT2D eigenvalue weighted by atomic mass is 16.3. The highest BCUT2D eigenvalue weighted by Crippen LogP contribution is 2.64. The number of likely N-dealkylation sites (tertiary alicyclic amines) is 1. The van der Waals surface area contributed by atoms with Gasteiger partial charge in [-0.3, -0.25) is 9.59 Å². The van der Waals surface area contributed by atoms with Gasteiger partial charge in [0, 0.05) is 43.5 Å². The monoisotopic (exact) mass is 632 g/mol. The van der Waals surface area contributed by atoms with Crippen molar-refractivity contribution in [3.8, 4) is 18.1 Å². The Labute approximate surface area is 276 Å². The first kappa shape index (κ1) is 30.3. The van der Waals surface area contributed by atoms with Gasteiger partial charge in [-0.1, -0.05) is 37.1 Å². The van der Waals surface area contributed by atoms with E-state index in [1.54, 1.807) is 11.0 Å². The van der Waals surface area contributed by atoms with Crippen LogP contribution in [0, 0.1) is 29.6 Å². The van der Waals surface area contributed by atoms with Gasteiger partial charge in [-0.25, -0.2) is 4.98 Å². The maximum atomic E-state index is 13.8. The molecule has 5 aliphatic rings. The summed E-state index contributed by atoms with van der Waals surface area (Å²) >= 11 is 0. The fourth-order valence-electron chi connectivity index (χ4n) is 10.1. The van der Waals surface area contributed by atoms with E-state index in [4.69, 9.17) is 6.42 Å². The molecule has 4 fully saturated rings. The lowest BCUT2D eigenvalue weighted by molar-refractivity contribution is -0.135. The average Bonchev–Trinajstić information content (AvgIpc) is 3.70. The summed E-state index contributed by atoms with van der Waals surface area (Å²) in [6.45, 7) is 5.08. The number of benzene rings is 2. The molecule has 2 N–H and O–H groups in total. The lowest BCUT2D eigenvalue weighted by Gasteiger charge is -2.52. The maximum Gasteiger partial charge on any atom is 0.273 e. The van der Waals surface area contributed by atoms with Crippen molar-refractivity contribution in [2.24, 2.45) is 17.3 Å². The van der Waals surface area contributed by atoms with E-state index in [1.807, 2.05) is 41.3 Å². The SMILES string of the molecule is C#C[C@]1(O)CCC2C3CCc4cc(O)c(N5CCN(C(=O)[C@@H]6CCCN6C(=O)c6ccc7ccccc7n6)CC5)cc4C3CC[C@@]21C. The maximum absolute atomic E-state index is 13.8. The number of fused-ring (bicyclic) bond motifs is 6. The zero-order chi connectivity index (χ0) is 32.5. The first-order valence-electron chi connectivity index (χ1n) is 17.5. The molecule has 3 aromatic rings. The van der Waals surface area contributed by atoms with Crippen molar-refractivity contribution in [2.45, 2.75) is 75.9 Å². The van der Waals surface area contributed by atoms with Crippen LogP contribution in [0.3, 0.4) is 0 Å². The number of hydrogen-bond donors (Lipinski definition) is 2. The average molecular weight is 633 g/mol. The Kier molecular flexibility index (Phi) is 7.25. The molecule has 3 unspecified atom stereocenters. The summed E-state index contributed by atoms with van der Waals surface area (Å²) in [7, 11) is 0. The number of phenols is 1. The molecule has 244 valence electrons. The number of carbonyl (C=O) groups excluding carboxylic acids is 2. The van der Waals surface area contributed by atoms with Crippen LogP contribution in [-0.4, -0.2) is 81.2 Å². The Balaban J connectivity index is 0.956. The van der Waals surface area contributed by atoms with Gasteiger partial charge in [0.05, 0.1) is 11.2 Å². The second-order valence-electron chi connectivity index (χ2n) is 14.8. The zero-order valence-electron chi connectivity index (χ0n) is 27.2. The molecule has 0 spiro atoms. The fraction of sp³-hybridized carbons (Fsp3) is 0.513. The van der Waals surface area contributed by atoms with Gasteiger partial charge in [-0.2, -0.15) is 0 Å². The zero-order valence-corrected chi connectivity index (χ0v) is 27.2. The van der Waals surface area contributed by atoms with Crippen LogP contribution in [0.25, 0.3) is 10.9 Å². The number of para-hydroxylation sites is 1. The number of aryl methyl sites for hydroxylation is 1. The highest BCUT2D eigenvalue weighted by molar-refractivity contribution is 5.98. The minimum atomic E-state index is -1.02. The van der Waals surface area contributed by atoms with Crippen LogP contribution in [0.1, 0.15) is 79.4 Å². The number of anilines is 1. The normalized spacial score (nSPS) is 31.6. The van der Waals surface area contributed by atoms with Crippen LogP contribution in [-0.2, 0) is 11.2 Å². The lowest BCUT2D eigenvalue weighted by Crippen LogP contribution is -2.54. The Hall–Kier alpha value is -4.09. The van der Waals surface area contributed by atoms with E-state index in [0.29, 0.717) is 74.8 Å². The first-order chi connectivity index (χ1) is 22.7. The van der Waals surface area contributed by atoms with Crippen LogP contribution in [0.15, 0.2) is 48.5 Å². The molecular formula is C39H44N4O4. The summed E-state index contributed by atoms with van der Waals surface area (Å²) < 4.78 is 0. The van der Waals surface area contributed by atoms with Gasteiger partial charge in [-0.05, 0) is 105 Å². The quantitative estimate of drug-likeness (QED) is 0.390. The summed E-state index contributed by atoms with van der Waals surface area (Å²) in [5.41, 5.74) is 3.31. The van der Waals surface area contributed by atoms with E-state index in [9.17, 15) is 19.8 Å². The third-order valence-corrected chi connectivity index (χ3v) is 12.8. The van der Waals surface area contributed by atoms with E-state index < -0.39 is 11.6 Å². The Morgan fingerprint density at radius 3 is 2.60 bits per heavy atom. The van der Waals surface area contributed by atoms with Crippen LogP contribution in [0.5, 0.6) is 5.75 Å². The molecule has 3 aliphatic carbocycles. The fourth-order valence-corrected chi connectivity index (χ4v) is 10.1. The van der Waals surface area contributed by atoms with Crippen LogP contribution >= 0.6 is 0 Å². The molecule has 2 saturated carbocycles. The summed E-state index contributed by atoms with van der Waals surface area (Å²) in [5, 5.41) is 23.5. The molecule has 8 nitrogen and oxygen atoms in total. The van der Waals surface area contributed by atoms with Crippen molar-refractivity contribution in [2.75, 3.05) is 37.6 Å². The van der Waals surface area contributed by atoms with Crippen LogP contribution in [0.4, 0.5) is 5.69 Å². The predicted octanol–water partition coefficient (Wildman–Crippen LogP) is 5.11. The van der Waals surface area contributed by atoms with Crippen molar-refractivity contribution in [1.29, 1.82) is 0 Å². The topological polar surface area (TPSA) is 97.2 Å². The van der Waals surface area contributed by atoms with Gasteiger partial charge < -0.3 is 24.9 Å². The van der Waals surface area contributed by atoms with E-state index in [-0.39, 0.29) is 17.2 Å². The van der Waals surface area contributed by atoms with Crippen molar-refractivity contribution in [3.05, 3.63) is 65.4 Å². The largest absolute Gasteiger partial charge is 0.506 e. The van der Waals surface area contributed by atoms with Gasteiger partial charge in [-0.15, -0.1) is 6.42 Å². The highest BCUT2D eigenvalue weighted by Gasteiger charge is 2.61. The molecule has 6 atom stereocenters. The number of rotatable bonds is 3. The van der Waals surface area contributed by atoms with Crippen LogP contribution in [0.2, 0.25) is 0 Å². The minimum absolute atomic E-state index is 0.00235. The van der Waals surface area contributed by atoms with Gasteiger partial charge in [0.15, 0.2) is 0 Å². The number of piperazine rings is 1. The van der Waals surface area contributed by atoms with Gasteiger partial charge in [0.1, 0.15) is 23.1 Å². The summed E-state index contributed by atoms with van der Waals surface area (Å²) in [5.74, 6) is 4.18. The second kappa shape index (κ2) is 11.3. The summed E-state index contributed by atoms with van der Waals surface area (Å²) in [4.78, 5) is 37.8. The molecule has 2 saturated heterocycles. The molecule has 8 rings (SSSR count). The van der Waals surface area contributed by atoms with E-state index in [1.165, 1.54) is 11.1 Å². The molecule has 3 heterocycles. The molecule has 8 heteroatoms. The van der Waals surface area contributed by atoms with E-state index in [2.05, 4.69) is 28.8 Å². The van der Waals surface area contributed by atoms with Gasteiger partial charge >= 0.3 is 0 Å². The molecule has 2 aliphatic heterocycles. The number of aromatic hydroxyl groups is 1. The Bertz CT molecular complexity index is 1790. The lowest BCUT2D eigenvalue weighted by atomic mass is 9.53. The molecule has 0 radical (unpaired) electrons. The predicted molar refractivity (Wildman–Crippen MR) is 181 cm³/mol.